The van der Waals surface area contributed by atoms with Crippen LogP contribution in [0.5, 0.6) is 0 Å². The van der Waals surface area contributed by atoms with E-state index in [0.29, 0.717) is 19.3 Å². The molecule has 1 rings (SSSR count). The SMILES string of the molecule is CCCCC/C=C/C/C=C/C/C=C/CCCCC(=O)O[C@@H](COC(=O)CCC/C=C/CCCCCCCCCCCCCCCCCCCC)COP(=O)(O)OC1C(O)C(O)C(O)[C@H](O)C1O. The van der Waals surface area contributed by atoms with Crippen molar-refractivity contribution in [2.75, 3.05) is 13.2 Å². The largest absolute Gasteiger partial charge is 0.472 e. The van der Waals surface area contributed by atoms with Gasteiger partial charge in [-0.25, -0.2) is 4.57 Å². The summed E-state index contributed by atoms with van der Waals surface area (Å²) in [5.74, 6) is -1.18. The molecule has 0 aromatic rings. The zero-order valence-electron chi connectivity index (χ0n) is 41.7. The number of allylic oxidation sites excluding steroid dienone is 8. The molecule has 1 saturated carbocycles. The normalized spacial score (nSPS) is 21.5. The molecule has 13 nitrogen and oxygen atoms in total. The monoisotopic (exact) mass is 971 g/mol. The van der Waals surface area contributed by atoms with Crippen LogP contribution in [0.3, 0.4) is 0 Å². The summed E-state index contributed by atoms with van der Waals surface area (Å²) >= 11 is 0. The molecule has 1 fully saturated rings. The van der Waals surface area contributed by atoms with Gasteiger partial charge < -0.3 is 39.9 Å². The van der Waals surface area contributed by atoms with Crippen LogP contribution in [0.25, 0.3) is 0 Å². The summed E-state index contributed by atoms with van der Waals surface area (Å²) < 4.78 is 33.5. The molecule has 0 amide bonds. The molecule has 0 aliphatic heterocycles. The molecule has 0 heterocycles. The Labute approximate surface area is 405 Å². The molecule has 0 saturated heterocycles. The number of rotatable bonds is 44. The first kappa shape index (κ1) is 62.8. The van der Waals surface area contributed by atoms with Gasteiger partial charge in [-0.1, -0.05) is 184 Å². The predicted octanol–water partition coefficient (Wildman–Crippen LogP) is 11.5. The lowest BCUT2D eigenvalue weighted by molar-refractivity contribution is -0.220. The molecule has 0 bridgehead atoms. The number of hydrogen-bond acceptors (Lipinski definition) is 12. The quantitative estimate of drug-likeness (QED) is 0.0145. The highest BCUT2D eigenvalue weighted by molar-refractivity contribution is 7.47. The number of esters is 2. The fourth-order valence-electron chi connectivity index (χ4n) is 7.89. The van der Waals surface area contributed by atoms with Crippen molar-refractivity contribution in [1.82, 2.24) is 0 Å². The average molecular weight is 971 g/mol. The minimum Gasteiger partial charge on any atom is -0.462 e. The second kappa shape index (κ2) is 42.7. The van der Waals surface area contributed by atoms with Gasteiger partial charge in [-0.2, -0.15) is 0 Å². The topological polar surface area (TPSA) is 210 Å². The Kier molecular flexibility index (Phi) is 40.0. The van der Waals surface area contributed by atoms with E-state index >= 15 is 0 Å². The number of aliphatic hydroxyl groups is 5. The summed E-state index contributed by atoms with van der Waals surface area (Å²) in [6.45, 7) is 3.24. The average Bonchev–Trinajstić information content (AvgIpc) is 3.31. The van der Waals surface area contributed by atoms with E-state index in [1.54, 1.807) is 0 Å². The second-order valence-corrected chi connectivity index (χ2v) is 19.8. The van der Waals surface area contributed by atoms with Gasteiger partial charge in [0.15, 0.2) is 6.10 Å². The molecule has 6 unspecified atom stereocenters. The predicted molar refractivity (Wildman–Crippen MR) is 267 cm³/mol. The van der Waals surface area contributed by atoms with E-state index < -0.39 is 75.7 Å². The van der Waals surface area contributed by atoms with Crippen molar-refractivity contribution in [3.8, 4) is 0 Å². The van der Waals surface area contributed by atoms with Gasteiger partial charge in [-0.05, 0) is 70.6 Å². The molecule has 390 valence electrons. The molecule has 67 heavy (non-hydrogen) atoms. The third-order valence-corrected chi connectivity index (χ3v) is 13.1. The Balaban J connectivity index is 2.39. The van der Waals surface area contributed by atoms with Gasteiger partial charge in [0.1, 0.15) is 43.2 Å². The van der Waals surface area contributed by atoms with Crippen molar-refractivity contribution in [1.29, 1.82) is 0 Å². The Bertz CT molecular complexity index is 1350. The van der Waals surface area contributed by atoms with E-state index in [4.69, 9.17) is 18.5 Å². The van der Waals surface area contributed by atoms with Gasteiger partial charge >= 0.3 is 19.8 Å². The van der Waals surface area contributed by atoms with Gasteiger partial charge in [-0.15, -0.1) is 0 Å². The van der Waals surface area contributed by atoms with Gasteiger partial charge in [-0.3, -0.25) is 18.6 Å². The van der Waals surface area contributed by atoms with E-state index in [1.807, 2.05) is 0 Å². The smallest absolute Gasteiger partial charge is 0.462 e. The van der Waals surface area contributed by atoms with E-state index in [0.717, 1.165) is 44.9 Å². The zero-order chi connectivity index (χ0) is 49.2. The highest BCUT2D eigenvalue weighted by Crippen LogP contribution is 2.47. The maximum Gasteiger partial charge on any atom is 0.472 e. The molecular weight excluding hydrogens is 876 g/mol. The number of unbranched alkanes of at least 4 members (excludes halogenated alkanes) is 24. The lowest BCUT2D eigenvalue weighted by atomic mass is 9.85. The summed E-state index contributed by atoms with van der Waals surface area (Å²) in [6.07, 6.45) is 39.0. The van der Waals surface area contributed by atoms with E-state index in [2.05, 4.69) is 62.5 Å². The van der Waals surface area contributed by atoms with Crippen LogP contribution in [-0.2, 0) is 32.7 Å². The summed E-state index contributed by atoms with van der Waals surface area (Å²) in [6, 6.07) is 0. The zero-order valence-corrected chi connectivity index (χ0v) is 42.6. The van der Waals surface area contributed by atoms with Gasteiger partial charge in [0, 0.05) is 12.8 Å². The second-order valence-electron chi connectivity index (χ2n) is 18.4. The van der Waals surface area contributed by atoms with E-state index in [1.165, 1.54) is 128 Å². The van der Waals surface area contributed by atoms with Gasteiger partial charge in [0.05, 0.1) is 6.61 Å². The summed E-state index contributed by atoms with van der Waals surface area (Å²) in [5.41, 5.74) is 0. The maximum atomic E-state index is 12.8. The Morgan fingerprint density at radius 1 is 0.463 bits per heavy atom. The number of ether oxygens (including phenoxy) is 2. The van der Waals surface area contributed by atoms with Crippen molar-refractivity contribution in [2.45, 2.75) is 262 Å². The van der Waals surface area contributed by atoms with Crippen LogP contribution in [0.2, 0.25) is 0 Å². The minimum atomic E-state index is -5.14. The molecular formula is C53H95O13P. The van der Waals surface area contributed by atoms with Crippen molar-refractivity contribution >= 4 is 19.8 Å². The molecule has 0 aromatic heterocycles. The van der Waals surface area contributed by atoms with E-state index in [-0.39, 0.29) is 12.8 Å². The third kappa shape index (κ3) is 34.7. The standard InChI is InChI=1S/C53H95O13P/c1-3-5-7-9-11-13-15-17-19-20-21-22-23-24-25-26-28-29-31-33-35-37-39-41-46(54)63-43-45(44-64-67(61,62)66-53-51(59)49(57)48(56)50(58)52(53)60)65-47(55)42-40-38-36-34-32-30-27-18-16-14-12-10-8-6-4-2/h12,14,18,27,32-35,45,48-53,56-60H,3-11,13,15-17,19-26,28-31,36-44H2,1-2H3,(H,61,62)/b14-12+,27-18+,34-32+,35-33+/t45-,48?,49-,50?,51?,52?,53?/m0/s1. The fraction of sp³-hybridized carbons (Fsp3) is 0.811. The Morgan fingerprint density at radius 3 is 1.31 bits per heavy atom. The van der Waals surface area contributed by atoms with Crippen molar-refractivity contribution < 1.29 is 63.1 Å². The summed E-state index contributed by atoms with van der Waals surface area (Å²) in [5, 5.41) is 50.2. The maximum absolute atomic E-state index is 12.8. The minimum absolute atomic E-state index is 0.0421. The number of carbonyl (C=O) groups is 2. The van der Waals surface area contributed by atoms with Crippen molar-refractivity contribution in [3.63, 3.8) is 0 Å². The molecule has 0 radical (unpaired) electrons. The highest BCUT2D eigenvalue weighted by Gasteiger charge is 2.51. The third-order valence-electron chi connectivity index (χ3n) is 12.1. The highest BCUT2D eigenvalue weighted by atomic mass is 31.2. The van der Waals surface area contributed by atoms with E-state index in [9.17, 15) is 44.6 Å². The Hall–Kier alpha value is -2.19. The van der Waals surface area contributed by atoms with Crippen LogP contribution in [-0.4, -0.2) is 98.3 Å². The first-order chi connectivity index (χ1) is 32.4. The molecule has 0 spiro atoms. The number of phosphoric acid groups is 1. The fourth-order valence-corrected chi connectivity index (χ4v) is 8.86. The van der Waals surface area contributed by atoms with Crippen LogP contribution in [0.1, 0.15) is 219 Å². The van der Waals surface area contributed by atoms with Gasteiger partial charge in [0.25, 0.3) is 0 Å². The van der Waals surface area contributed by atoms with Gasteiger partial charge in [0.2, 0.25) is 0 Å². The molecule has 1 aliphatic rings. The summed E-state index contributed by atoms with van der Waals surface area (Å²) in [4.78, 5) is 35.8. The van der Waals surface area contributed by atoms with Crippen LogP contribution in [0.4, 0.5) is 0 Å². The first-order valence-electron chi connectivity index (χ1n) is 26.4. The van der Waals surface area contributed by atoms with Crippen LogP contribution >= 0.6 is 7.82 Å². The van der Waals surface area contributed by atoms with Crippen molar-refractivity contribution in [3.05, 3.63) is 48.6 Å². The Morgan fingerprint density at radius 2 is 0.821 bits per heavy atom. The number of hydrogen-bond donors (Lipinski definition) is 6. The molecule has 0 aromatic carbocycles. The van der Waals surface area contributed by atoms with Crippen molar-refractivity contribution in [2.24, 2.45) is 0 Å². The molecule has 1 aliphatic carbocycles. The molecule has 8 atom stereocenters. The lowest BCUT2D eigenvalue weighted by Crippen LogP contribution is -2.64. The summed E-state index contributed by atoms with van der Waals surface area (Å²) in [7, 11) is -5.14. The number of aliphatic hydroxyl groups excluding tert-OH is 5. The van der Waals surface area contributed by atoms with Crippen LogP contribution < -0.4 is 0 Å². The van der Waals surface area contributed by atoms with Crippen LogP contribution in [0.15, 0.2) is 48.6 Å². The first-order valence-corrected chi connectivity index (χ1v) is 27.9. The number of phosphoric ester groups is 1. The van der Waals surface area contributed by atoms with Crippen LogP contribution in [0, 0.1) is 0 Å². The number of carbonyl (C=O) groups excluding carboxylic acids is 2. The molecule has 6 N–H and O–H groups in total. The molecule has 14 heteroatoms. The lowest BCUT2D eigenvalue weighted by Gasteiger charge is -2.41.